The number of aryl methyl sites for hydroxylation is 2. The molecule has 0 aliphatic rings. The van der Waals surface area contributed by atoms with Crippen LogP contribution in [0.1, 0.15) is 45.7 Å². The summed E-state index contributed by atoms with van der Waals surface area (Å²) in [5, 5.41) is 25.1. The van der Waals surface area contributed by atoms with Crippen molar-refractivity contribution in [3.05, 3.63) is 15.8 Å². The minimum atomic E-state index is -0.365. The van der Waals surface area contributed by atoms with Gasteiger partial charge in [0.05, 0.1) is 11.5 Å². The van der Waals surface area contributed by atoms with E-state index in [-0.39, 0.29) is 23.3 Å². The van der Waals surface area contributed by atoms with Crippen LogP contribution in [0.15, 0.2) is 0 Å². The first-order valence-corrected chi connectivity index (χ1v) is 7.60. The van der Waals surface area contributed by atoms with E-state index in [2.05, 4.69) is 18.9 Å². The highest BCUT2D eigenvalue weighted by Crippen LogP contribution is 2.34. The molecule has 1 heterocycles. The highest BCUT2D eigenvalue weighted by atomic mass is 16.6. The molecule has 0 saturated carbocycles. The number of nitrogens with zero attached hydrogens (tertiary/aromatic N) is 4. The number of anilines is 1. The van der Waals surface area contributed by atoms with Crippen molar-refractivity contribution in [3.63, 3.8) is 0 Å². The van der Waals surface area contributed by atoms with E-state index < -0.39 is 0 Å². The van der Waals surface area contributed by atoms with E-state index >= 15 is 0 Å². The van der Waals surface area contributed by atoms with Gasteiger partial charge >= 0.3 is 5.69 Å². The Labute approximate surface area is 125 Å². The molecule has 1 aromatic rings. The lowest BCUT2D eigenvalue weighted by molar-refractivity contribution is -0.384. The van der Waals surface area contributed by atoms with E-state index in [0.29, 0.717) is 24.6 Å². The topological polar surface area (TPSA) is 84.4 Å². The minimum absolute atomic E-state index is 0.0377. The summed E-state index contributed by atoms with van der Waals surface area (Å²) < 4.78 is 1.71. The standard InChI is InChI=1S/C14H26N4O3/c1-5-8-17-14(13(18(20)21)11(4)15-17)16(9-10-19)12(6-2)7-3/h12,19H,5-10H2,1-4H3. The SMILES string of the molecule is CCCn1nc(C)c([N+](=O)[O-])c1N(CCO)C(CC)CC. The highest BCUT2D eigenvalue weighted by Gasteiger charge is 2.31. The second kappa shape index (κ2) is 7.97. The molecule has 0 aromatic carbocycles. The number of nitro groups is 1. The molecule has 21 heavy (non-hydrogen) atoms. The molecule has 0 atom stereocenters. The van der Waals surface area contributed by atoms with E-state index in [4.69, 9.17) is 0 Å². The molecule has 7 nitrogen and oxygen atoms in total. The maximum atomic E-state index is 11.4. The Balaban J connectivity index is 3.41. The van der Waals surface area contributed by atoms with E-state index in [1.807, 2.05) is 11.8 Å². The molecule has 120 valence electrons. The van der Waals surface area contributed by atoms with Crippen molar-refractivity contribution < 1.29 is 10.0 Å². The molecular weight excluding hydrogens is 272 g/mol. The fourth-order valence-electron chi connectivity index (χ4n) is 2.72. The Morgan fingerprint density at radius 1 is 1.38 bits per heavy atom. The number of aromatic nitrogens is 2. The van der Waals surface area contributed by atoms with Gasteiger partial charge in [0.15, 0.2) is 0 Å². The van der Waals surface area contributed by atoms with Gasteiger partial charge in [0.2, 0.25) is 5.82 Å². The number of hydrogen-bond acceptors (Lipinski definition) is 5. The number of aliphatic hydroxyl groups excluding tert-OH is 1. The van der Waals surface area contributed by atoms with Crippen LogP contribution in [0.25, 0.3) is 0 Å². The van der Waals surface area contributed by atoms with Crippen LogP contribution in [0.4, 0.5) is 11.5 Å². The summed E-state index contributed by atoms with van der Waals surface area (Å²) in [5.41, 5.74) is 0.487. The number of hydrogen-bond donors (Lipinski definition) is 1. The monoisotopic (exact) mass is 298 g/mol. The minimum Gasteiger partial charge on any atom is -0.395 e. The lowest BCUT2D eigenvalue weighted by atomic mass is 10.1. The summed E-state index contributed by atoms with van der Waals surface area (Å²) >= 11 is 0. The lowest BCUT2D eigenvalue weighted by Crippen LogP contribution is -2.38. The second-order valence-electron chi connectivity index (χ2n) is 5.13. The van der Waals surface area contributed by atoms with Gasteiger partial charge in [-0.05, 0) is 26.2 Å². The Morgan fingerprint density at radius 3 is 2.43 bits per heavy atom. The van der Waals surface area contributed by atoms with Gasteiger partial charge < -0.3 is 10.0 Å². The van der Waals surface area contributed by atoms with Crippen LogP contribution in [-0.4, -0.2) is 39.0 Å². The van der Waals surface area contributed by atoms with Crippen molar-refractivity contribution in [2.24, 2.45) is 0 Å². The molecule has 1 rings (SSSR count). The van der Waals surface area contributed by atoms with Gasteiger partial charge in [-0.1, -0.05) is 20.8 Å². The van der Waals surface area contributed by atoms with E-state index in [0.717, 1.165) is 19.3 Å². The van der Waals surface area contributed by atoms with Crippen LogP contribution in [0.3, 0.4) is 0 Å². The van der Waals surface area contributed by atoms with Crippen LogP contribution >= 0.6 is 0 Å². The van der Waals surface area contributed by atoms with Gasteiger partial charge in [-0.2, -0.15) is 5.10 Å². The quantitative estimate of drug-likeness (QED) is 0.559. The van der Waals surface area contributed by atoms with Crippen molar-refractivity contribution in [1.82, 2.24) is 9.78 Å². The predicted octanol–water partition coefficient (Wildman–Crippen LogP) is 2.50. The Bertz CT molecular complexity index is 469. The number of rotatable bonds is 9. The van der Waals surface area contributed by atoms with Crippen molar-refractivity contribution in [2.45, 2.75) is 59.5 Å². The first kappa shape index (κ1) is 17.4. The van der Waals surface area contributed by atoms with Gasteiger partial charge in [-0.3, -0.25) is 10.1 Å². The zero-order valence-electron chi connectivity index (χ0n) is 13.4. The molecule has 0 radical (unpaired) electrons. The third kappa shape index (κ3) is 3.72. The third-order valence-corrected chi connectivity index (χ3v) is 3.68. The maximum Gasteiger partial charge on any atom is 0.333 e. The van der Waals surface area contributed by atoms with Gasteiger partial charge in [-0.25, -0.2) is 4.68 Å². The molecule has 0 fully saturated rings. The summed E-state index contributed by atoms with van der Waals surface area (Å²) in [5.74, 6) is 0.530. The average molecular weight is 298 g/mol. The Morgan fingerprint density at radius 2 is 2.00 bits per heavy atom. The smallest absolute Gasteiger partial charge is 0.333 e. The van der Waals surface area contributed by atoms with E-state index in [9.17, 15) is 15.2 Å². The van der Waals surface area contributed by atoms with Gasteiger partial charge in [-0.15, -0.1) is 0 Å². The average Bonchev–Trinajstić information content (AvgIpc) is 2.76. The first-order chi connectivity index (χ1) is 10.0. The van der Waals surface area contributed by atoms with Crippen molar-refractivity contribution >= 4 is 11.5 Å². The summed E-state index contributed by atoms with van der Waals surface area (Å²) in [6.07, 6.45) is 2.58. The van der Waals surface area contributed by atoms with Crippen LogP contribution in [0.5, 0.6) is 0 Å². The fraction of sp³-hybridized carbons (Fsp3) is 0.786. The van der Waals surface area contributed by atoms with E-state index in [1.165, 1.54) is 0 Å². The summed E-state index contributed by atoms with van der Waals surface area (Å²) in [4.78, 5) is 13.0. The second-order valence-corrected chi connectivity index (χ2v) is 5.13. The van der Waals surface area contributed by atoms with Gasteiger partial charge in [0.25, 0.3) is 0 Å². The van der Waals surface area contributed by atoms with Gasteiger partial charge in [0.1, 0.15) is 5.69 Å². The van der Waals surface area contributed by atoms with Crippen molar-refractivity contribution in [1.29, 1.82) is 0 Å². The molecule has 0 spiro atoms. The van der Waals surface area contributed by atoms with Gasteiger partial charge in [0, 0.05) is 19.1 Å². The number of aliphatic hydroxyl groups is 1. The molecule has 7 heteroatoms. The zero-order chi connectivity index (χ0) is 16.0. The summed E-state index contributed by atoms with van der Waals surface area (Å²) in [6, 6.07) is 0.155. The molecule has 0 unspecified atom stereocenters. The van der Waals surface area contributed by atoms with Crippen LogP contribution in [-0.2, 0) is 6.54 Å². The largest absolute Gasteiger partial charge is 0.395 e. The molecule has 0 aliphatic heterocycles. The van der Waals surface area contributed by atoms with Crippen molar-refractivity contribution in [2.75, 3.05) is 18.1 Å². The molecule has 0 aliphatic carbocycles. The third-order valence-electron chi connectivity index (χ3n) is 3.68. The molecule has 1 aromatic heterocycles. The zero-order valence-corrected chi connectivity index (χ0v) is 13.4. The Hall–Kier alpha value is -1.63. The maximum absolute atomic E-state index is 11.4. The molecule has 0 saturated heterocycles. The summed E-state index contributed by atoms with van der Waals surface area (Å²) in [6.45, 7) is 8.76. The molecular formula is C14H26N4O3. The normalized spacial score (nSPS) is 11.1. The Kier molecular flexibility index (Phi) is 6.61. The van der Waals surface area contributed by atoms with Crippen LogP contribution in [0, 0.1) is 17.0 Å². The van der Waals surface area contributed by atoms with Crippen LogP contribution in [0.2, 0.25) is 0 Å². The fourth-order valence-corrected chi connectivity index (χ4v) is 2.72. The molecule has 1 N–H and O–H groups in total. The van der Waals surface area contributed by atoms with Crippen LogP contribution < -0.4 is 4.90 Å². The molecule has 0 bridgehead atoms. The van der Waals surface area contributed by atoms with E-state index in [1.54, 1.807) is 11.6 Å². The highest BCUT2D eigenvalue weighted by molar-refractivity contribution is 5.62. The summed E-state index contributed by atoms with van der Waals surface area (Å²) in [7, 11) is 0. The first-order valence-electron chi connectivity index (χ1n) is 7.60. The lowest BCUT2D eigenvalue weighted by Gasteiger charge is -2.31. The van der Waals surface area contributed by atoms with Crippen molar-refractivity contribution in [3.8, 4) is 0 Å². The molecule has 0 amide bonds. The predicted molar refractivity (Wildman–Crippen MR) is 82.7 cm³/mol.